The second-order valence-electron chi connectivity index (χ2n) is 4.66. The Morgan fingerprint density at radius 1 is 1.48 bits per heavy atom. The zero-order chi connectivity index (χ0) is 15.0. The Labute approximate surface area is 118 Å². The molecule has 8 heteroatoms. The van der Waals surface area contributed by atoms with Crippen LogP contribution < -0.4 is 4.74 Å². The summed E-state index contributed by atoms with van der Waals surface area (Å²) < 4.78 is 32.5. The van der Waals surface area contributed by atoms with Crippen molar-refractivity contribution in [2.24, 2.45) is 0 Å². The lowest BCUT2D eigenvalue weighted by molar-refractivity contribution is 0.0675. The molecule has 1 unspecified atom stereocenters. The van der Waals surface area contributed by atoms with Gasteiger partial charge in [-0.2, -0.15) is 0 Å². The molecule has 2 heterocycles. The maximum Gasteiger partial charge on any atom is 0.358 e. The van der Waals surface area contributed by atoms with Crippen molar-refractivity contribution in [2.75, 3.05) is 6.61 Å². The average Bonchev–Trinajstić information content (AvgIpc) is 3.04. The molecule has 21 heavy (non-hydrogen) atoms. The molecule has 0 bridgehead atoms. The maximum absolute atomic E-state index is 13.1. The van der Waals surface area contributed by atoms with Crippen molar-refractivity contribution in [2.45, 2.75) is 18.9 Å². The Morgan fingerprint density at radius 3 is 2.95 bits per heavy atom. The lowest BCUT2D eigenvalue weighted by Crippen LogP contribution is -2.15. The molecule has 1 aliphatic heterocycles. The molecule has 1 N–H and O–H groups in total. The minimum absolute atomic E-state index is 0.0942. The van der Waals surface area contributed by atoms with E-state index in [1.54, 1.807) is 6.07 Å². The maximum atomic E-state index is 13.1. The standard InChI is InChI=1S/C13H11F2N3O3/c14-12(15)11-10(13(19)20)16-17-18(11)5-7-6-21-9-4-2-1-3-8(7)9/h1-4,7,12H,5-6H2,(H,19,20). The predicted octanol–water partition coefficient (Wildman–Crippen LogP) is 2.09. The SMILES string of the molecule is O=C(O)c1nnn(CC2COc3ccccc32)c1C(F)F. The molecule has 0 amide bonds. The molecule has 0 spiro atoms. The van der Waals surface area contributed by atoms with E-state index in [4.69, 9.17) is 9.84 Å². The Kier molecular flexibility index (Phi) is 3.28. The van der Waals surface area contributed by atoms with Gasteiger partial charge in [-0.25, -0.2) is 18.3 Å². The molecule has 1 aliphatic rings. The first-order valence-corrected chi connectivity index (χ1v) is 6.24. The van der Waals surface area contributed by atoms with Gasteiger partial charge in [-0.05, 0) is 6.07 Å². The summed E-state index contributed by atoms with van der Waals surface area (Å²) >= 11 is 0. The number of ether oxygens (including phenoxy) is 1. The summed E-state index contributed by atoms with van der Waals surface area (Å²) in [6.45, 7) is 0.432. The van der Waals surface area contributed by atoms with Gasteiger partial charge in [0, 0.05) is 11.5 Å². The molecule has 0 aliphatic carbocycles. The van der Waals surface area contributed by atoms with Crippen molar-refractivity contribution in [1.29, 1.82) is 0 Å². The first kappa shape index (κ1) is 13.5. The number of hydrogen-bond donors (Lipinski definition) is 1. The number of carboxylic acids is 1. The average molecular weight is 295 g/mol. The van der Waals surface area contributed by atoms with Crippen molar-refractivity contribution in [3.05, 3.63) is 41.2 Å². The van der Waals surface area contributed by atoms with Crippen molar-refractivity contribution >= 4 is 5.97 Å². The van der Waals surface area contributed by atoms with E-state index in [2.05, 4.69) is 10.3 Å². The number of aromatic nitrogens is 3. The summed E-state index contributed by atoms with van der Waals surface area (Å²) in [6, 6.07) is 7.31. The van der Waals surface area contributed by atoms with Crippen LogP contribution >= 0.6 is 0 Å². The number of para-hydroxylation sites is 1. The summed E-state index contributed by atoms with van der Waals surface area (Å²) in [6.07, 6.45) is -2.95. The zero-order valence-electron chi connectivity index (χ0n) is 10.7. The van der Waals surface area contributed by atoms with Gasteiger partial charge in [0.2, 0.25) is 0 Å². The molecule has 2 aromatic rings. The fourth-order valence-corrected chi connectivity index (χ4v) is 2.41. The normalized spacial score (nSPS) is 16.8. The highest BCUT2D eigenvalue weighted by molar-refractivity contribution is 5.86. The van der Waals surface area contributed by atoms with Gasteiger partial charge < -0.3 is 9.84 Å². The molecular weight excluding hydrogens is 284 g/mol. The van der Waals surface area contributed by atoms with E-state index < -0.39 is 23.8 Å². The molecule has 1 atom stereocenters. The third kappa shape index (κ3) is 2.32. The smallest absolute Gasteiger partial charge is 0.358 e. The summed E-state index contributed by atoms with van der Waals surface area (Å²) in [4.78, 5) is 10.9. The van der Waals surface area contributed by atoms with Crippen LogP contribution in [-0.4, -0.2) is 32.7 Å². The monoisotopic (exact) mass is 295 g/mol. The van der Waals surface area contributed by atoms with E-state index in [-0.39, 0.29) is 12.5 Å². The van der Waals surface area contributed by atoms with Crippen LogP contribution in [0.25, 0.3) is 0 Å². The number of alkyl halides is 2. The number of hydrogen-bond acceptors (Lipinski definition) is 4. The fraction of sp³-hybridized carbons (Fsp3) is 0.308. The third-order valence-electron chi connectivity index (χ3n) is 3.37. The highest BCUT2D eigenvalue weighted by Gasteiger charge is 2.30. The fourth-order valence-electron chi connectivity index (χ4n) is 2.41. The van der Waals surface area contributed by atoms with Crippen LogP contribution in [0.3, 0.4) is 0 Å². The van der Waals surface area contributed by atoms with E-state index in [0.717, 1.165) is 10.2 Å². The van der Waals surface area contributed by atoms with Crippen LogP contribution in [-0.2, 0) is 6.54 Å². The molecule has 110 valence electrons. The van der Waals surface area contributed by atoms with E-state index in [9.17, 15) is 13.6 Å². The van der Waals surface area contributed by atoms with Crippen molar-refractivity contribution in [1.82, 2.24) is 15.0 Å². The van der Waals surface area contributed by atoms with Crippen LogP contribution in [0.15, 0.2) is 24.3 Å². The lowest BCUT2D eigenvalue weighted by Gasteiger charge is -2.11. The van der Waals surface area contributed by atoms with E-state index in [1.807, 2.05) is 18.2 Å². The van der Waals surface area contributed by atoms with E-state index in [1.165, 1.54) is 0 Å². The first-order valence-electron chi connectivity index (χ1n) is 6.24. The topological polar surface area (TPSA) is 77.2 Å². The first-order chi connectivity index (χ1) is 10.1. The molecule has 1 aromatic heterocycles. The van der Waals surface area contributed by atoms with Gasteiger partial charge in [0.25, 0.3) is 6.43 Å². The molecule has 1 aromatic carbocycles. The van der Waals surface area contributed by atoms with Crippen LogP contribution in [0.5, 0.6) is 5.75 Å². The lowest BCUT2D eigenvalue weighted by atomic mass is 10.0. The molecule has 6 nitrogen and oxygen atoms in total. The number of halogens is 2. The quantitative estimate of drug-likeness (QED) is 0.934. The Hall–Kier alpha value is -2.51. The second kappa shape index (κ2) is 5.12. The Morgan fingerprint density at radius 2 is 2.24 bits per heavy atom. The highest BCUT2D eigenvalue weighted by Crippen LogP contribution is 2.35. The van der Waals surface area contributed by atoms with Crippen molar-refractivity contribution in [3.8, 4) is 5.75 Å². The molecule has 0 fully saturated rings. The second-order valence-corrected chi connectivity index (χ2v) is 4.66. The predicted molar refractivity (Wildman–Crippen MR) is 66.6 cm³/mol. The van der Waals surface area contributed by atoms with Gasteiger partial charge in [0.1, 0.15) is 11.4 Å². The third-order valence-corrected chi connectivity index (χ3v) is 3.37. The van der Waals surface area contributed by atoms with Gasteiger partial charge in [-0.3, -0.25) is 0 Å². The van der Waals surface area contributed by atoms with Crippen LogP contribution in [0.1, 0.15) is 34.1 Å². The Bertz CT molecular complexity index is 687. The van der Waals surface area contributed by atoms with Gasteiger partial charge in [0.05, 0.1) is 13.2 Å². The van der Waals surface area contributed by atoms with Gasteiger partial charge in [-0.15, -0.1) is 5.10 Å². The van der Waals surface area contributed by atoms with Gasteiger partial charge in [-0.1, -0.05) is 23.4 Å². The number of aromatic carboxylic acids is 1. The Balaban J connectivity index is 1.91. The number of carbonyl (C=O) groups is 1. The summed E-state index contributed by atoms with van der Waals surface area (Å²) in [5.41, 5.74) is -0.492. The molecule has 0 saturated carbocycles. The highest BCUT2D eigenvalue weighted by atomic mass is 19.3. The van der Waals surface area contributed by atoms with Crippen LogP contribution in [0.4, 0.5) is 8.78 Å². The van der Waals surface area contributed by atoms with Gasteiger partial charge in [0.15, 0.2) is 5.69 Å². The number of rotatable bonds is 4. The summed E-state index contributed by atoms with van der Waals surface area (Å²) in [5.74, 6) is -0.971. The van der Waals surface area contributed by atoms with Gasteiger partial charge >= 0.3 is 5.97 Å². The van der Waals surface area contributed by atoms with E-state index in [0.29, 0.717) is 12.4 Å². The van der Waals surface area contributed by atoms with Crippen molar-refractivity contribution in [3.63, 3.8) is 0 Å². The minimum atomic E-state index is -2.95. The zero-order valence-corrected chi connectivity index (χ0v) is 10.7. The van der Waals surface area contributed by atoms with E-state index >= 15 is 0 Å². The summed E-state index contributed by atoms with van der Waals surface area (Å²) in [5, 5.41) is 15.7. The number of benzene rings is 1. The molecule has 0 saturated heterocycles. The molecular formula is C13H11F2N3O3. The largest absolute Gasteiger partial charge is 0.493 e. The van der Waals surface area contributed by atoms with Crippen LogP contribution in [0.2, 0.25) is 0 Å². The molecule has 0 radical (unpaired) electrons. The molecule has 3 rings (SSSR count). The van der Waals surface area contributed by atoms with Crippen LogP contribution in [0, 0.1) is 0 Å². The number of nitrogens with zero attached hydrogens (tertiary/aromatic N) is 3. The minimum Gasteiger partial charge on any atom is -0.493 e. The number of carboxylic acid groups (broad SMARTS) is 1. The summed E-state index contributed by atoms with van der Waals surface area (Å²) in [7, 11) is 0. The number of fused-ring (bicyclic) bond motifs is 1. The van der Waals surface area contributed by atoms with Crippen molar-refractivity contribution < 1.29 is 23.4 Å².